The van der Waals surface area contributed by atoms with Gasteiger partial charge in [0.05, 0.1) is 0 Å². The maximum Gasteiger partial charge on any atom is 0.252 e. The highest BCUT2D eigenvalue weighted by molar-refractivity contribution is 7.80. The van der Waals surface area contributed by atoms with E-state index in [4.69, 9.17) is 5.73 Å². The Kier molecular flexibility index (Phi) is 3.90. The second kappa shape index (κ2) is 4.22. The van der Waals surface area contributed by atoms with E-state index in [0.717, 1.165) is 0 Å². The van der Waals surface area contributed by atoms with Gasteiger partial charge in [-0.1, -0.05) is 0 Å². The zero-order valence-electron chi connectivity index (χ0n) is 5.01. The number of thiocarbonyl (C=S) groups is 1. The molecule has 0 saturated heterocycles. The molecule has 52 valence electrons. The fraction of sp³-hybridized carbons (Fsp3) is 0.500. The molecule has 0 aliphatic rings. The summed E-state index contributed by atoms with van der Waals surface area (Å²) in [7, 11) is 1.42. The maximum absolute atomic E-state index is 10.4. The number of rotatable bonds is 2. The van der Waals surface area contributed by atoms with E-state index in [-0.39, 0.29) is 17.6 Å². The Hall–Kier alpha value is -0.680. The van der Waals surface area contributed by atoms with E-state index in [9.17, 15) is 4.79 Å². The molecule has 0 aromatic rings. The number of hydrogen-bond acceptors (Lipinski definition) is 3. The number of amides is 1. The molecule has 1 amide bonds. The fourth-order valence-corrected chi connectivity index (χ4v) is 0.418. The van der Waals surface area contributed by atoms with Crippen molar-refractivity contribution in [1.82, 2.24) is 5.32 Å². The van der Waals surface area contributed by atoms with Crippen molar-refractivity contribution in [2.24, 2.45) is 5.73 Å². The van der Waals surface area contributed by atoms with Gasteiger partial charge in [0.1, 0.15) is 6.61 Å². The van der Waals surface area contributed by atoms with E-state index in [0.29, 0.717) is 0 Å². The Labute approximate surface area is 58.4 Å². The van der Waals surface area contributed by atoms with Crippen LogP contribution in [0.3, 0.4) is 0 Å². The van der Waals surface area contributed by atoms with Crippen LogP contribution in [0, 0.1) is 0 Å². The summed E-state index contributed by atoms with van der Waals surface area (Å²) in [5, 5.41) is 2.16. The molecule has 4 nitrogen and oxygen atoms in total. The van der Waals surface area contributed by atoms with Gasteiger partial charge in [0, 0.05) is 7.11 Å². The number of ether oxygens (including phenoxy) is 1. The Bertz CT molecular complexity index is 126. The highest BCUT2D eigenvalue weighted by Crippen LogP contribution is 1.67. The molecule has 0 aromatic carbocycles. The number of carbonyl (C=O) groups is 1. The van der Waals surface area contributed by atoms with Crippen LogP contribution in [0.25, 0.3) is 0 Å². The molecule has 0 heterocycles. The predicted octanol–water partition coefficient (Wildman–Crippen LogP) is -1.01. The lowest BCUT2D eigenvalue weighted by Gasteiger charge is -1.98. The van der Waals surface area contributed by atoms with Crippen LogP contribution in [0.2, 0.25) is 0 Å². The highest BCUT2D eigenvalue weighted by atomic mass is 32.1. The monoisotopic (exact) mass is 148 g/mol. The molecule has 0 atom stereocenters. The van der Waals surface area contributed by atoms with Crippen LogP contribution in [0.5, 0.6) is 0 Å². The van der Waals surface area contributed by atoms with Crippen molar-refractivity contribution >= 4 is 23.2 Å². The minimum Gasteiger partial charge on any atom is -0.376 e. The van der Waals surface area contributed by atoms with Crippen molar-refractivity contribution in [3.63, 3.8) is 0 Å². The summed E-state index contributed by atoms with van der Waals surface area (Å²) < 4.78 is 4.48. The Morgan fingerprint density at radius 2 is 2.44 bits per heavy atom. The first-order chi connectivity index (χ1) is 4.16. The van der Waals surface area contributed by atoms with Crippen molar-refractivity contribution in [2.75, 3.05) is 13.7 Å². The van der Waals surface area contributed by atoms with Crippen LogP contribution in [-0.4, -0.2) is 24.7 Å². The van der Waals surface area contributed by atoms with Crippen molar-refractivity contribution in [3.8, 4) is 0 Å². The smallest absolute Gasteiger partial charge is 0.252 e. The molecule has 0 saturated carbocycles. The summed E-state index contributed by atoms with van der Waals surface area (Å²) in [5.74, 6) is -0.329. The number of methoxy groups -OCH3 is 1. The van der Waals surface area contributed by atoms with Gasteiger partial charge in [-0.25, -0.2) is 0 Å². The molecule has 0 radical (unpaired) electrons. The second-order valence-corrected chi connectivity index (χ2v) is 1.79. The van der Waals surface area contributed by atoms with E-state index in [2.05, 4.69) is 22.3 Å². The first-order valence-electron chi connectivity index (χ1n) is 2.25. The lowest BCUT2D eigenvalue weighted by Crippen LogP contribution is -2.36. The minimum absolute atomic E-state index is 0.0165. The van der Waals surface area contributed by atoms with Crippen LogP contribution in [-0.2, 0) is 9.53 Å². The van der Waals surface area contributed by atoms with Gasteiger partial charge in [-0.3, -0.25) is 4.79 Å². The SMILES string of the molecule is COCC(=O)NC(N)=S. The molecular weight excluding hydrogens is 140 g/mol. The number of carbonyl (C=O) groups excluding carboxylic acids is 1. The van der Waals surface area contributed by atoms with Crippen molar-refractivity contribution in [2.45, 2.75) is 0 Å². The topological polar surface area (TPSA) is 64.3 Å². The van der Waals surface area contributed by atoms with Crippen molar-refractivity contribution < 1.29 is 9.53 Å². The summed E-state index contributed by atoms with van der Waals surface area (Å²) in [4.78, 5) is 10.4. The standard InChI is InChI=1S/C4H8N2O2S/c1-8-2-3(7)6-4(5)9/h2H2,1H3,(H3,5,6,7,9). The van der Waals surface area contributed by atoms with Crippen LogP contribution in [0.4, 0.5) is 0 Å². The van der Waals surface area contributed by atoms with E-state index in [1.807, 2.05) is 0 Å². The van der Waals surface area contributed by atoms with Crippen LogP contribution >= 0.6 is 12.2 Å². The molecule has 3 N–H and O–H groups in total. The second-order valence-electron chi connectivity index (χ2n) is 1.35. The van der Waals surface area contributed by atoms with Gasteiger partial charge in [-0.2, -0.15) is 0 Å². The summed E-state index contributed by atoms with van der Waals surface area (Å²) in [6.07, 6.45) is 0. The van der Waals surface area contributed by atoms with Gasteiger partial charge >= 0.3 is 0 Å². The highest BCUT2D eigenvalue weighted by Gasteiger charge is 1.97. The molecule has 0 spiro atoms. The average molecular weight is 148 g/mol. The summed E-state index contributed by atoms with van der Waals surface area (Å²) in [6.45, 7) is -0.0165. The molecule has 0 aliphatic heterocycles. The third-order valence-corrected chi connectivity index (χ3v) is 0.640. The fourth-order valence-electron chi connectivity index (χ4n) is 0.305. The van der Waals surface area contributed by atoms with Gasteiger partial charge in [-0.05, 0) is 12.2 Å². The van der Waals surface area contributed by atoms with Crippen LogP contribution in [0.15, 0.2) is 0 Å². The van der Waals surface area contributed by atoms with E-state index in [1.54, 1.807) is 0 Å². The van der Waals surface area contributed by atoms with Crippen LogP contribution in [0.1, 0.15) is 0 Å². The third kappa shape index (κ3) is 5.19. The Morgan fingerprint density at radius 1 is 1.89 bits per heavy atom. The molecule has 0 aromatic heterocycles. The lowest BCUT2D eigenvalue weighted by atomic mass is 10.6. The molecule has 5 heteroatoms. The predicted molar refractivity (Wildman–Crippen MR) is 36.8 cm³/mol. The molecule has 0 rings (SSSR count). The zero-order valence-corrected chi connectivity index (χ0v) is 5.83. The summed E-state index contributed by atoms with van der Waals surface area (Å²) >= 11 is 4.38. The van der Waals surface area contributed by atoms with Gasteiger partial charge in [-0.15, -0.1) is 0 Å². The summed E-state index contributed by atoms with van der Waals surface area (Å²) in [6, 6.07) is 0. The zero-order chi connectivity index (χ0) is 7.28. The maximum atomic E-state index is 10.4. The summed E-state index contributed by atoms with van der Waals surface area (Å²) in [5.41, 5.74) is 4.97. The lowest BCUT2D eigenvalue weighted by molar-refractivity contribution is -0.123. The normalized spacial score (nSPS) is 8.56. The van der Waals surface area contributed by atoms with Gasteiger partial charge in [0.15, 0.2) is 5.11 Å². The first-order valence-corrected chi connectivity index (χ1v) is 2.66. The average Bonchev–Trinajstić information content (AvgIpc) is 1.63. The molecule has 0 bridgehead atoms. The molecule has 0 unspecified atom stereocenters. The minimum atomic E-state index is -0.329. The quantitative estimate of drug-likeness (QED) is 0.493. The molecular formula is C4H8N2O2S. The largest absolute Gasteiger partial charge is 0.376 e. The number of nitrogens with one attached hydrogen (secondary N) is 1. The first kappa shape index (κ1) is 8.32. The van der Waals surface area contributed by atoms with E-state index < -0.39 is 0 Å². The molecule has 0 aliphatic carbocycles. The Morgan fingerprint density at radius 3 is 2.78 bits per heavy atom. The number of hydrogen-bond donors (Lipinski definition) is 2. The van der Waals surface area contributed by atoms with Crippen molar-refractivity contribution in [1.29, 1.82) is 0 Å². The molecule has 0 fully saturated rings. The molecule has 9 heavy (non-hydrogen) atoms. The van der Waals surface area contributed by atoms with Gasteiger partial charge in [0.25, 0.3) is 5.91 Å². The van der Waals surface area contributed by atoms with Gasteiger partial charge < -0.3 is 15.8 Å². The van der Waals surface area contributed by atoms with Crippen molar-refractivity contribution in [3.05, 3.63) is 0 Å². The van der Waals surface area contributed by atoms with E-state index >= 15 is 0 Å². The number of nitrogens with two attached hydrogens (primary N) is 1. The third-order valence-electron chi connectivity index (χ3n) is 0.538. The van der Waals surface area contributed by atoms with Gasteiger partial charge in [0.2, 0.25) is 0 Å². The Balaban J connectivity index is 3.39. The van der Waals surface area contributed by atoms with E-state index in [1.165, 1.54) is 7.11 Å². The van der Waals surface area contributed by atoms with Crippen LogP contribution < -0.4 is 11.1 Å².